The van der Waals surface area contributed by atoms with Gasteiger partial charge in [-0.2, -0.15) is 70.0 Å². The Kier molecular flexibility index (Phi) is 12.5. The first kappa shape index (κ1) is 35.1. The van der Waals surface area contributed by atoms with E-state index in [0.717, 1.165) is 18.3 Å². The fourth-order valence-corrected chi connectivity index (χ4v) is 7.89. The maximum Gasteiger partial charge on any atom is 0.453 e. The van der Waals surface area contributed by atoms with Crippen LogP contribution in [0.25, 0.3) is 0 Å². The summed E-state index contributed by atoms with van der Waals surface area (Å²) in [6, 6.07) is 10.1. The molecular weight excluding hydrogens is 699 g/mol. The molecule has 39 heavy (non-hydrogen) atoms. The number of hydrogen-bond acceptors (Lipinski definition) is 2. The van der Waals surface area contributed by atoms with Crippen LogP contribution in [0.4, 0.5) is 22.0 Å². The molecule has 6 unspecified atom stereocenters. The molecule has 0 saturated heterocycles. The van der Waals surface area contributed by atoms with E-state index in [4.69, 9.17) is 0 Å². The van der Waals surface area contributed by atoms with Gasteiger partial charge in [0.2, 0.25) is 0 Å². The summed E-state index contributed by atoms with van der Waals surface area (Å²) in [5.74, 6) is -1.55. The van der Waals surface area contributed by atoms with Crippen molar-refractivity contribution in [3.8, 4) is 0 Å². The summed E-state index contributed by atoms with van der Waals surface area (Å²) in [5, 5.41) is 10.8. The Morgan fingerprint density at radius 2 is 1.77 bits per heavy atom. The summed E-state index contributed by atoms with van der Waals surface area (Å²) in [6.07, 6.45) is 4.35. The molecule has 2 saturated carbocycles. The zero-order valence-electron chi connectivity index (χ0n) is 23.8. The zero-order valence-corrected chi connectivity index (χ0v) is 27.6. The minimum atomic E-state index is -5.42. The van der Waals surface area contributed by atoms with E-state index in [1.165, 1.54) is 51.4 Å². The molecule has 0 radical (unpaired) electrons. The molecule has 2 fully saturated rings. The number of benzene rings is 1. The predicted molar refractivity (Wildman–Crippen MR) is 147 cm³/mol. The fourth-order valence-electron chi connectivity index (χ4n) is 7.74. The van der Waals surface area contributed by atoms with Crippen LogP contribution in [0.5, 0.6) is 0 Å². The van der Waals surface area contributed by atoms with E-state index in [-0.39, 0.29) is 44.8 Å². The second-order valence-corrected chi connectivity index (χ2v) is 13.4. The normalized spacial score (nSPS) is 30.3. The average Bonchev–Trinajstić information content (AvgIpc) is 3.15. The maximum absolute atomic E-state index is 12.0. The smallest absolute Gasteiger partial charge is 0.393 e. The Balaban J connectivity index is 0.000000381. The number of aliphatic hydroxyl groups excluding tert-OH is 1. The van der Waals surface area contributed by atoms with Crippen LogP contribution in [0.3, 0.4) is 0 Å². The Morgan fingerprint density at radius 1 is 1.08 bits per heavy atom. The van der Waals surface area contributed by atoms with E-state index in [9.17, 15) is 27.1 Å². The van der Waals surface area contributed by atoms with Crippen molar-refractivity contribution in [2.24, 2.45) is 28.6 Å². The number of aliphatic hydroxyl groups is 1. The van der Waals surface area contributed by atoms with Crippen molar-refractivity contribution in [3.05, 3.63) is 35.4 Å². The second kappa shape index (κ2) is 13.9. The van der Waals surface area contributed by atoms with Crippen LogP contribution < -0.4 is 0 Å². The van der Waals surface area contributed by atoms with Crippen molar-refractivity contribution < 1.29 is 48.1 Å². The van der Waals surface area contributed by atoms with Gasteiger partial charge in [-0.3, -0.25) is 0 Å². The van der Waals surface area contributed by atoms with Gasteiger partial charge in [0.15, 0.2) is 0 Å². The van der Waals surface area contributed by atoms with Gasteiger partial charge in [0.05, 0.1) is 6.10 Å². The minimum absolute atomic E-state index is 0. The molecule has 1 aromatic carbocycles. The van der Waals surface area contributed by atoms with Crippen molar-refractivity contribution in [3.63, 3.8) is 0 Å². The van der Waals surface area contributed by atoms with Crippen molar-refractivity contribution in [1.29, 1.82) is 0 Å². The van der Waals surface area contributed by atoms with Gasteiger partial charge in [-0.15, -0.1) is 0 Å². The molecule has 3 aliphatic rings. The molecule has 0 heterocycles. The first-order valence-electron chi connectivity index (χ1n) is 14.4. The van der Waals surface area contributed by atoms with Crippen LogP contribution in [-0.2, 0) is 27.5 Å². The topological polar surface area (TPSA) is 20.2 Å². The number of hydrogen-bond donors (Lipinski definition) is 2. The molecule has 0 spiro atoms. The monoisotopic (exact) mass is 745 g/mol. The third-order valence-electron chi connectivity index (χ3n) is 9.88. The van der Waals surface area contributed by atoms with Crippen molar-refractivity contribution in [2.75, 3.05) is 5.75 Å². The second-order valence-electron chi connectivity index (χ2n) is 13.0. The van der Waals surface area contributed by atoms with Crippen molar-refractivity contribution in [1.82, 2.24) is 0 Å². The molecule has 224 valence electrons. The Labute approximate surface area is 252 Å². The SMILES string of the molecule is CCCC(C)(C)CCC1Cc2c[c-]ccc2C2CCC3(C)C(O)CCC3C12.FC(F)(F)C(F)(F)CCCS.[W]. The first-order valence-corrected chi connectivity index (χ1v) is 15.0. The van der Waals surface area contributed by atoms with Gasteiger partial charge in [0.25, 0.3) is 0 Å². The third-order valence-corrected chi connectivity index (χ3v) is 10.2. The summed E-state index contributed by atoms with van der Waals surface area (Å²) in [5.41, 5.74) is 3.81. The molecule has 0 bridgehead atoms. The quantitative estimate of drug-likeness (QED) is 0.155. The van der Waals surface area contributed by atoms with Gasteiger partial charge in [-0.25, -0.2) is 0 Å². The molecule has 6 atom stereocenters. The molecule has 3 aliphatic carbocycles. The van der Waals surface area contributed by atoms with Gasteiger partial charge >= 0.3 is 12.1 Å². The van der Waals surface area contributed by atoms with Gasteiger partial charge in [-0.05, 0) is 85.2 Å². The minimum Gasteiger partial charge on any atom is -0.393 e. The number of alkyl halides is 5. The number of rotatable bonds is 8. The van der Waals surface area contributed by atoms with Crippen LogP contribution in [0, 0.1) is 34.7 Å². The van der Waals surface area contributed by atoms with E-state index >= 15 is 0 Å². The zero-order chi connectivity index (χ0) is 28.4. The maximum atomic E-state index is 12.0. The molecule has 0 amide bonds. The number of halogens is 5. The Hall–Kier alpha value is -0.132. The van der Waals surface area contributed by atoms with Crippen molar-refractivity contribution >= 4 is 12.6 Å². The molecule has 0 aliphatic heterocycles. The summed E-state index contributed by atoms with van der Waals surface area (Å²) in [4.78, 5) is 0. The van der Waals surface area contributed by atoms with Crippen LogP contribution >= 0.6 is 12.6 Å². The van der Waals surface area contributed by atoms with Gasteiger partial charge < -0.3 is 5.11 Å². The largest absolute Gasteiger partial charge is 0.453 e. The van der Waals surface area contributed by atoms with E-state index in [1.54, 1.807) is 11.1 Å². The Morgan fingerprint density at radius 3 is 2.38 bits per heavy atom. The summed E-state index contributed by atoms with van der Waals surface area (Å²) in [7, 11) is 0. The van der Waals surface area contributed by atoms with Crippen molar-refractivity contribution in [2.45, 2.75) is 122 Å². The summed E-state index contributed by atoms with van der Waals surface area (Å²) < 4.78 is 58.1. The third kappa shape index (κ3) is 8.03. The van der Waals surface area contributed by atoms with Gasteiger partial charge in [-0.1, -0.05) is 47.0 Å². The molecule has 4 rings (SSSR count). The number of thiol groups is 1. The van der Waals surface area contributed by atoms with Gasteiger partial charge in [0.1, 0.15) is 0 Å². The predicted octanol–water partition coefficient (Wildman–Crippen LogP) is 9.43. The Bertz CT molecular complexity index is 907. The molecule has 0 aromatic heterocycles. The van der Waals surface area contributed by atoms with E-state index in [0.29, 0.717) is 17.3 Å². The van der Waals surface area contributed by atoms with E-state index < -0.39 is 18.5 Å². The van der Waals surface area contributed by atoms with Gasteiger partial charge in [0, 0.05) is 27.5 Å². The van der Waals surface area contributed by atoms with Crippen LogP contribution in [0.15, 0.2) is 18.2 Å². The standard InChI is InChI=1S/C26H39O.C5H7F5S.W/c1-5-14-25(2,3)15-12-19-17-18-8-6-7-9-20(18)21-13-16-26(4)22(24(19)21)10-11-23(26)27;6-4(7,2-1-3-11)5(8,9)10;/h7-9,19,21-24,27H,5,10-17H2,1-4H3;11H,1-3H2;/q-1;;. The average molecular weight is 746 g/mol. The van der Waals surface area contributed by atoms with Crippen LogP contribution in [0.1, 0.15) is 109 Å². The first-order chi connectivity index (χ1) is 17.7. The van der Waals surface area contributed by atoms with Crippen LogP contribution in [0.2, 0.25) is 0 Å². The summed E-state index contributed by atoms with van der Waals surface area (Å²) in [6.45, 7) is 9.64. The molecule has 1 N–H and O–H groups in total. The van der Waals surface area contributed by atoms with E-state index in [2.05, 4.69) is 64.6 Å². The molecular formula is C31H46F5OSW-. The molecule has 8 heteroatoms. The number of fused-ring (bicyclic) bond motifs is 5. The van der Waals surface area contributed by atoms with E-state index in [1.807, 2.05) is 0 Å². The molecule has 1 aromatic rings. The summed E-state index contributed by atoms with van der Waals surface area (Å²) >= 11 is 3.53. The fraction of sp³-hybridized carbons (Fsp3) is 0.806. The molecule has 1 nitrogen and oxygen atoms in total. The van der Waals surface area contributed by atoms with Crippen LogP contribution in [-0.4, -0.2) is 29.1 Å².